The van der Waals surface area contributed by atoms with Crippen molar-refractivity contribution in [1.29, 1.82) is 0 Å². The second-order valence-electron chi connectivity index (χ2n) is 3.20. The van der Waals surface area contributed by atoms with Crippen molar-refractivity contribution in [3.05, 3.63) is 0 Å². The molecule has 0 amide bonds. The molecule has 0 atom stereocenters. The van der Waals surface area contributed by atoms with E-state index in [0.29, 0.717) is 0 Å². The molecular weight excluding hydrogens is 177 g/mol. The zero-order valence-corrected chi connectivity index (χ0v) is 7.65. The monoisotopic (exact) mass is 191 g/mol. The molecule has 0 fully saturated rings. The van der Waals surface area contributed by atoms with E-state index >= 15 is 0 Å². The molecule has 7 heteroatoms. The fourth-order valence-corrected chi connectivity index (χ4v) is 0.387. The molecule has 0 saturated carbocycles. The lowest BCUT2D eigenvalue weighted by atomic mass is 10.3. The summed E-state index contributed by atoms with van der Waals surface area (Å²) in [6.45, 7) is 0.778. The van der Waals surface area contributed by atoms with Gasteiger partial charge >= 0.3 is 7.25 Å². The van der Waals surface area contributed by atoms with E-state index in [4.69, 9.17) is 4.74 Å². The fourth-order valence-electron chi connectivity index (χ4n) is 0.387. The quantitative estimate of drug-likeness (QED) is 0.278. The number of ether oxygens (including phenoxy) is 1. The number of hydrogen-bond acceptors (Lipinski definition) is 1. The van der Waals surface area contributed by atoms with Gasteiger partial charge < -0.3 is 26.5 Å². The summed E-state index contributed by atoms with van der Waals surface area (Å²) in [5.41, 5.74) is 0. The molecule has 0 aliphatic rings. The topological polar surface area (TPSA) is 9.23 Å². The molecule has 76 valence electrons. The van der Waals surface area contributed by atoms with Gasteiger partial charge in [0.1, 0.15) is 0 Å². The van der Waals surface area contributed by atoms with Gasteiger partial charge in [-0.3, -0.25) is 0 Å². The minimum atomic E-state index is -6.00. The van der Waals surface area contributed by atoms with Crippen molar-refractivity contribution >= 4 is 7.25 Å². The third-order valence-electron chi connectivity index (χ3n) is 0.516. The Labute approximate surface area is 69.8 Å². The van der Waals surface area contributed by atoms with Crippen molar-refractivity contribution < 1.29 is 26.5 Å². The molecule has 0 aromatic heterocycles. The lowest BCUT2D eigenvalue weighted by molar-refractivity contribution is -0.890. The highest BCUT2D eigenvalue weighted by molar-refractivity contribution is 6.50. The number of hydrogen-bond donors (Lipinski definition) is 0. The number of halogens is 4. The van der Waals surface area contributed by atoms with Crippen molar-refractivity contribution in [2.75, 3.05) is 35.0 Å². The van der Waals surface area contributed by atoms with Gasteiger partial charge in [0.25, 0.3) is 0 Å². The van der Waals surface area contributed by atoms with Gasteiger partial charge in [-0.25, -0.2) is 0 Å². The van der Waals surface area contributed by atoms with Gasteiger partial charge in [0.15, 0.2) is 6.73 Å². The van der Waals surface area contributed by atoms with Crippen LogP contribution in [0, 0.1) is 0 Å². The molecule has 0 aliphatic heterocycles. The Kier molecular flexibility index (Phi) is 6.37. The maximum absolute atomic E-state index is 9.75. The van der Waals surface area contributed by atoms with Crippen LogP contribution in [0.2, 0.25) is 0 Å². The van der Waals surface area contributed by atoms with Crippen LogP contribution in [0.3, 0.4) is 0 Å². The maximum Gasteiger partial charge on any atom is 0.673 e. The van der Waals surface area contributed by atoms with Crippen LogP contribution in [0.5, 0.6) is 0 Å². The van der Waals surface area contributed by atoms with Crippen molar-refractivity contribution in [1.82, 2.24) is 0 Å². The van der Waals surface area contributed by atoms with Crippen LogP contribution in [-0.2, 0) is 4.74 Å². The van der Waals surface area contributed by atoms with Crippen molar-refractivity contribution in [3.63, 3.8) is 0 Å². The highest BCUT2D eigenvalue weighted by Crippen LogP contribution is 2.06. The SMILES string of the molecule is COC[N+](C)(C)C.F[B-](F)(F)F. The van der Waals surface area contributed by atoms with Crippen LogP contribution in [0.1, 0.15) is 0 Å². The number of rotatable bonds is 2. The average Bonchev–Trinajstić information content (AvgIpc) is 1.54. The minimum Gasteiger partial charge on any atom is -0.418 e. The highest BCUT2D eigenvalue weighted by Gasteiger charge is 2.20. The molecule has 0 spiro atoms. The zero-order chi connectivity index (χ0) is 10.4. The molecule has 0 saturated heterocycles. The molecule has 0 rings (SSSR count). The maximum atomic E-state index is 9.75. The third-order valence-corrected chi connectivity index (χ3v) is 0.516. The lowest BCUT2D eigenvalue weighted by Gasteiger charge is -2.21. The number of methoxy groups -OCH3 is 1. The average molecular weight is 191 g/mol. The van der Waals surface area contributed by atoms with Gasteiger partial charge in [-0.2, -0.15) is 0 Å². The second kappa shape index (κ2) is 5.37. The van der Waals surface area contributed by atoms with Crippen LogP contribution in [0.15, 0.2) is 0 Å². The molecule has 0 aromatic rings. The molecule has 0 heterocycles. The van der Waals surface area contributed by atoms with Crippen molar-refractivity contribution in [3.8, 4) is 0 Å². The molecule has 2 nitrogen and oxygen atoms in total. The van der Waals surface area contributed by atoms with Crippen LogP contribution in [-0.4, -0.2) is 46.7 Å². The molecule has 0 unspecified atom stereocenters. The van der Waals surface area contributed by atoms with Crippen molar-refractivity contribution in [2.24, 2.45) is 0 Å². The Morgan fingerprint density at radius 3 is 1.33 bits per heavy atom. The van der Waals surface area contributed by atoms with E-state index in [-0.39, 0.29) is 0 Å². The highest BCUT2D eigenvalue weighted by atomic mass is 19.5. The van der Waals surface area contributed by atoms with Gasteiger partial charge in [0, 0.05) is 7.11 Å². The van der Waals surface area contributed by atoms with E-state index in [9.17, 15) is 17.3 Å². The molecule has 0 radical (unpaired) electrons. The summed E-state index contributed by atoms with van der Waals surface area (Å²) >= 11 is 0. The Morgan fingerprint density at radius 1 is 1.08 bits per heavy atom. The molecule has 0 aromatic carbocycles. The van der Waals surface area contributed by atoms with Gasteiger partial charge in [0.05, 0.1) is 21.1 Å². The van der Waals surface area contributed by atoms with E-state index in [1.165, 1.54) is 0 Å². The summed E-state index contributed by atoms with van der Waals surface area (Å²) in [4.78, 5) is 0. The zero-order valence-electron chi connectivity index (χ0n) is 7.65. The predicted octanol–water partition coefficient (Wildman–Crippen LogP) is 1.60. The van der Waals surface area contributed by atoms with Crippen LogP contribution >= 0.6 is 0 Å². The van der Waals surface area contributed by atoms with Gasteiger partial charge in [-0.15, -0.1) is 0 Å². The molecule has 0 bridgehead atoms. The Hall–Kier alpha value is -0.295. The molecule has 0 N–H and O–H groups in total. The van der Waals surface area contributed by atoms with Crippen LogP contribution < -0.4 is 0 Å². The van der Waals surface area contributed by atoms with E-state index in [1.807, 2.05) is 0 Å². The summed E-state index contributed by atoms with van der Waals surface area (Å²) in [7, 11) is 1.97. The first-order chi connectivity index (χ1) is 5.06. The normalized spacial score (nSPS) is 12.0. The standard InChI is InChI=1S/C5H14NO.BF4/c1-6(2,3)5-7-4;2-1(3,4)5/h5H2,1-4H3;/q+1;-1. The first kappa shape index (κ1) is 14.2. The molecular formula is C5H14BF4NO. The van der Waals surface area contributed by atoms with Crippen molar-refractivity contribution in [2.45, 2.75) is 0 Å². The first-order valence-electron chi connectivity index (χ1n) is 3.23. The summed E-state index contributed by atoms with van der Waals surface area (Å²) in [6.07, 6.45) is 0. The smallest absolute Gasteiger partial charge is 0.418 e. The van der Waals surface area contributed by atoms with Gasteiger partial charge in [-0.05, 0) is 0 Å². The number of quaternary nitrogens is 1. The van der Waals surface area contributed by atoms with E-state index < -0.39 is 7.25 Å². The second-order valence-corrected chi connectivity index (χ2v) is 3.20. The first-order valence-corrected chi connectivity index (χ1v) is 3.23. The molecule has 0 aliphatic carbocycles. The fraction of sp³-hybridized carbons (Fsp3) is 1.00. The molecule has 12 heavy (non-hydrogen) atoms. The number of nitrogens with zero attached hydrogens (tertiary/aromatic N) is 1. The van der Waals surface area contributed by atoms with Gasteiger partial charge in [-0.1, -0.05) is 0 Å². The summed E-state index contributed by atoms with van der Waals surface area (Å²) in [5, 5.41) is 0. The Bertz CT molecular complexity index is 105. The van der Waals surface area contributed by atoms with Gasteiger partial charge in [0.2, 0.25) is 0 Å². The largest absolute Gasteiger partial charge is 0.673 e. The van der Waals surface area contributed by atoms with Crippen LogP contribution in [0.4, 0.5) is 17.3 Å². The minimum absolute atomic E-state index is 0.778. The van der Waals surface area contributed by atoms with E-state index in [0.717, 1.165) is 11.2 Å². The predicted molar refractivity (Wildman–Crippen MR) is 40.1 cm³/mol. The summed E-state index contributed by atoms with van der Waals surface area (Å²) in [6, 6.07) is 0. The van der Waals surface area contributed by atoms with E-state index in [2.05, 4.69) is 21.1 Å². The summed E-state index contributed by atoms with van der Waals surface area (Å²) < 4.78 is 44.8. The van der Waals surface area contributed by atoms with Crippen LogP contribution in [0.25, 0.3) is 0 Å². The third kappa shape index (κ3) is 53.6. The Morgan fingerprint density at radius 2 is 1.33 bits per heavy atom. The lowest BCUT2D eigenvalue weighted by Crippen LogP contribution is -2.35. The summed E-state index contributed by atoms with van der Waals surface area (Å²) in [5.74, 6) is 0. The van der Waals surface area contributed by atoms with E-state index in [1.54, 1.807) is 7.11 Å². The Balaban J connectivity index is 0.